The molecule has 1 saturated heterocycles. The van der Waals surface area contributed by atoms with E-state index in [0.29, 0.717) is 33.0 Å². The molecule has 1 N–H and O–H groups in total. The summed E-state index contributed by atoms with van der Waals surface area (Å²) in [6.07, 6.45) is 1.72. The predicted molar refractivity (Wildman–Crippen MR) is 131 cm³/mol. The summed E-state index contributed by atoms with van der Waals surface area (Å²) in [7, 11) is 1.86. The minimum Gasteiger partial charge on any atom is -0.328 e. The summed E-state index contributed by atoms with van der Waals surface area (Å²) in [5.41, 5.74) is 2.12. The van der Waals surface area contributed by atoms with Gasteiger partial charge in [-0.3, -0.25) is 9.59 Å². The maximum atomic E-state index is 13.2. The van der Waals surface area contributed by atoms with Crippen LogP contribution in [0.1, 0.15) is 40.6 Å². The van der Waals surface area contributed by atoms with Gasteiger partial charge in [0.05, 0.1) is 27.5 Å². The van der Waals surface area contributed by atoms with Crippen LogP contribution in [0.4, 0.5) is 5.69 Å². The van der Waals surface area contributed by atoms with Crippen LogP contribution in [-0.2, 0) is 11.8 Å². The second-order valence-corrected chi connectivity index (χ2v) is 9.54. The second-order valence-electron chi connectivity index (χ2n) is 7.81. The van der Waals surface area contributed by atoms with E-state index in [2.05, 4.69) is 15.5 Å². The van der Waals surface area contributed by atoms with E-state index in [9.17, 15) is 9.59 Å². The van der Waals surface area contributed by atoms with E-state index in [4.69, 9.17) is 23.2 Å². The molecule has 2 aromatic carbocycles. The van der Waals surface area contributed by atoms with Crippen molar-refractivity contribution in [3.8, 4) is 0 Å². The number of hydrogen-bond acceptors (Lipinski definition) is 5. The quantitative estimate of drug-likeness (QED) is 0.471. The van der Waals surface area contributed by atoms with Crippen LogP contribution in [0.25, 0.3) is 0 Å². The Morgan fingerprint density at radius 1 is 1.15 bits per heavy atom. The van der Waals surface area contributed by atoms with E-state index in [1.165, 1.54) is 11.8 Å². The largest absolute Gasteiger partial charge is 0.328 e. The summed E-state index contributed by atoms with van der Waals surface area (Å²) in [5, 5.41) is 12.7. The van der Waals surface area contributed by atoms with E-state index in [1.54, 1.807) is 18.2 Å². The first kappa shape index (κ1) is 23.6. The molecule has 2 amide bonds. The molecule has 2 heterocycles. The summed E-state index contributed by atoms with van der Waals surface area (Å²) >= 11 is 13.4. The van der Waals surface area contributed by atoms with E-state index < -0.39 is 0 Å². The SMILES string of the molecule is Cc1ccccc1C(=O)N1CCCC1c1nnc(SCC(=O)Nc2cccc(Cl)c2Cl)n1C. The molecule has 0 saturated carbocycles. The molecule has 1 fully saturated rings. The maximum absolute atomic E-state index is 13.2. The number of amides is 2. The highest BCUT2D eigenvalue weighted by molar-refractivity contribution is 7.99. The lowest BCUT2D eigenvalue weighted by Crippen LogP contribution is -2.32. The Balaban J connectivity index is 1.44. The summed E-state index contributed by atoms with van der Waals surface area (Å²) in [5.74, 6) is 0.623. The van der Waals surface area contributed by atoms with Crippen molar-refractivity contribution in [2.45, 2.75) is 31.0 Å². The van der Waals surface area contributed by atoms with Crippen molar-refractivity contribution in [2.24, 2.45) is 7.05 Å². The molecule has 1 unspecified atom stereocenters. The Kier molecular flexibility index (Phi) is 7.26. The number of thioether (sulfide) groups is 1. The van der Waals surface area contributed by atoms with Crippen LogP contribution in [-0.4, -0.2) is 43.8 Å². The summed E-state index contributed by atoms with van der Waals surface area (Å²) < 4.78 is 1.86. The minimum absolute atomic E-state index is 0.00517. The number of aryl methyl sites for hydroxylation is 1. The number of rotatable bonds is 6. The van der Waals surface area contributed by atoms with Crippen LogP contribution in [0, 0.1) is 6.92 Å². The zero-order chi connectivity index (χ0) is 23.5. The van der Waals surface area contributed by atoms with Crippen molar-refractivity contribution >= 4 is 52.5 Å². The van der Waals surface area contributed by atoms with Gasteiger partial charge in [-0.05, 0) is 43.5 Å². The Morgan fingerprint density at radius 3 is 2.73 bits per heavy atom. The molecular weight excluding hydrogens is 481 g/mol. The molecule has 10 heteroatoms. The van der Waals surface area contributed by atoms with Gasteiger partial charge in [0.2, 0.25) is 5.91 Å². The Labute approximate surface area is 206 Å². The number of carbonyl (C=O) groups excluding carboxylic acids is 2. The normalized spacial score (nSPS) is 15.6. The number of anilines is 1. The first-order valence-corrected chi connectivity index (χ1v) is 12.2. The standard InChI is InChI=1S/C23H23Cl2N5O2S/c1-14-7-3-4-8-15(14)22(32)30-12-6-11-18(30)21-27-28-23(29(21)2)33-13-19(31)26-17-10-5-9-16(24)20(17)25/h3-5,7-10,18H,6,11-13H2,1-2H3,(H,26,31). The fraction of sp³-hybridized carbons (Fsp3) is 0.304. The minimum atomic E-state index is -0.231. The molecule has 0 aliphatic carbocycles. The van der Waals surface area contributed by atoms with Gasteiger partial charge in [-0.2, -0.15) is 0 Å². The summed E-state index contributed by atoms with van der Waals surface area (Å²) in [6.45, 7) is 2.62. The molecule has 4 rings (SSSR count). The summed E-state index contributed by atoms with van der Waals surface area (Å²) in [4.78, 5) is 27.5. The highest BCUT2D eigenvalue weighted by atomic mass is 35.5. The van der Waals surface area contributed by atoms with Crippen molar-refractivity contribution < 1.29 is 9.59 Å². The lowest BCUT2D eigenvalue weighted by atomic mass is 10.1. The molecule has 1 atom stereocenters. The number of halogens is 2. The van der Waals surface area contributed by atoms with Crippen LogP contribution in [0.3, 0.4) is 0 Å². The maximum Gasteiger partial charge on any atom is 0.254 e. The predicted octanol–water partition coefficient (Wildman–Crippen LogP) is 5.14. The second kappa shape index (κ2) is 10.2. The van der Waals surface area contributed by atoms with Gasteiger partial charge in [-0.15, -0.1) is 10.2 Å². The fourth-order valence-corrected chi connectivity index (χ4v) is 4.97. The third kappa shape index (κ3) is 5.03. The van der Waals surface area contributed by atoms with Gasteiger partial charge in [0.25, 0.3) is 5.91 Å². The molecule has 1 aliphatic rings. The lowest BCUT2D eigenvalue weighted by Gasteiger charge is -2.24. The van der Waals surface area contributed by atoms with Crippen LogP contribution in [0.15, 0.2) is 47.6 Å². The van der Waals surface area contributed by atoms with E-state index in [1.807, 2.05) is 47.7 Å². The van der Waals surface area contributed by atoms with E-state index in [-0.39, 0.29) is 23.6 Å². The monoisotopic (exact) mass is 503 g/mol. The molecule has 0 bridgehead atoms. The first-order chi connectivity index (χ1) is 15.9. The number of aromatic nitrogens is 3. The van der Waals surface area contributed by atoms with Crippen molar-refractivity contribution in [1.29, 1.82) is 0 Å². The number of carbonyl (C=O) groups is 2. The van der Waals surface area contributed by atoms with Crippen molar-refractivity contribution in [1.82, 2.24) is 19.7 Å². The van der Waals surface area contributed by atoms with E-state index >= 15 is 0 Å². The first-order valence-electron chi connectivity index (χ1n) is 10.5. The molecule has 0 radical (unpaired) electrons. The van der Waals surface area contributed by atoms with Crippen molar-refractivity contribution in [3.63, 3.8) is 0 Å². The van der Waals surface area contributed by atoms with Crippen LogP contribution in [0.5, 0.6) is 0 Å². The van der Waals surface area contributed by atoms with Gasteiger partial charge in [0, 0.05) is 19.2 Å². The van der Waals surface area contributed by atoms with Crippen LogP contribution < -0.4 is 5.32 Å². The van der Waals surface area contributed by atoms with Crippen molar-refractivity contribution in [3.05, 3.63) is 69.5 Å². The highest BCUT2D eigenvalue weighted by Crippen LogP contribution is 2.34. The molecule has 172 valence electrons. The fourth-order valence-electron chi connectivity index (χ4n) is 3.90. The average Bonchev–Trinajstić information content (AvgIpc) is 3.42. The van der Waals surface area contributed by atoms with Gasteiger partial charge in [-0.1, -0.05) is 59.2 Å². The van der Waals surface area contributed by atoms with Gasteiger partial charge < -0.3 is 14.8 Å². The summed E-state index contributed by atoms with van der Waals surface area (Å²) in [6, 6.07) is 12.5. The molecule has 0 spiro atoms. The zero-order valence-electron chi connectivity index (χ0n) is 18.2. The Bertz CT molecular complexity index is 1200. The molecular formula is C23H23Cl2N5O2S. The number of likely N-dealkylation sites (tertiary alicyclic amines) is 1. The third-order valence-corrected chi connectivity index (χ3v) is 7.45. The van der Waals surface area contributed by atoms with Gasteiger partial charge in [0.1, 0.15) is 0 Å². The number of nitrogens with one attached hydrogen (secondary N) is 1. The zero-order valence-corrected chi connectivity index (χ0v) is 20.5. The molecule has 3 aromatic rings. The lowest BCUT2D eigenvalue weighted by molar-refractivity contribution is -0.113. The molecule has 1 aliphatic heterocycles. The number of benzene rings is 2. The van der Waals surface area contributed by atoms with Gasteiger partial charge in [0.15, 0.2) is 11.0 Å². The average molecular weight is 504 g/mol. The molecule has 1 aromatic heterocycles. The number of hydrogen-bond donors (Lipinski definition) is 1. The van der Waals surface area contributed by atoms with Gasteiger partial charge in [-0.25, -0.2) is 0 Å². The number of nitrogens with zero attached hydrogens (tertiary/aromatic N) is 4. The smallest absolute Gasteiger partial charge is 0.254 e. The highest BCUT2D eigenvalue weighted by Gasteiger charge is 2.34. The third-order valence-electron chi connectivity index (χ3n) is 5.61. The van der Waals surface area contributed by atoms with Gasteiger partial charge >= 0.3 is 0 Å². The topological polar surface area (TPSA) is 80.1 Å². The molecule has 33 heavy (non-hydrogen) atoms. The Hall–Kier alpha value is -2.55. The Morgan fingerprint density at radius 2 is 1.94 bits per heavy atom. The van der Waals surface area contributed by atoms with Crippen LogP contribution >= 0.6 is 35.0 Å². The van der Waals surface area contributed by atoms with Crippen LogP contribution in [0.2, 0.25) is 10.0 Å². The van der Waals surface area contributed by atoms with Crippen molar-refractivity contribution in [2.75, 3.05) is 17.6 Å². The van der Waals surface area contributed by atoms with E-state index in [0.717, 1.165) is 24.2 Å². The molecule has 7 nitrogen and oxygen atoms in total.